The number of thioether (sulfide) groups is 1. The highest BCUT2D eigenvalue weighted by Crippen LogP contribution is 2.39. The first-order chi connectivity index (χ1) is 13.7. The number of amides is 1. The number of carbonyl (C=O) groups is 1. The Morgan fingerprint density at radius 2 is 2.00 bits per heavy atom. The van der Waals surface area contributed by atoms with Crippen LogP contribution >= 0.6 is 23.1 Å². The van der Waals surface area contributed by atoms with Gasteiger partial charge in [0.15, 0.2) is 0 Å². The fourth-order valence-electron chi connectivity index (χ4n) is 3.68. The van der Waals surface area contributed by atoms with E-state index in [1.807, 2.05) is 24.3 Å². The molecule has 1 N–H and O–H groups in total. The first-order valence-electron chi connectivity index (χ1n) is 9.93. The van der Waals surface area contributed by atoms with Crippen LogP contribution in [0.15, 0.2) is 35.4 Å². The normalized spacial score (nSPS) is 13.5. The summed E-state index contributed by atoms with van der Waals surface area (Å²) in [5.41, 5.74) is 2.74. The third kappa shape index (κ3) is 4.55. The fraction of sp³-hybridized carbons (Fsp3) is 0.409. The molecule has 1 aromatic carbocycles. The topological polar surface area (TPSA) is 54.9 Å². The second-order valence-corrected chi connectivity index (χ2v) is 9.24. The van der Waals surface area contributed by atoms with Crippen molar-refractivity contribution in [2.45, 2.75) is 50.5 Å². The zero-order chi connectivity index (χ0) is 19.3. The minimum Gasteiger partial charge on any atom is -0.355 e. The third-order valence-electron chi connectivity index (χ3n) is 5.04. The zero-order valence-corrected chi connectivity index (χ0v) is 17.8. The SMILES string of the molecule is Cc1nc(SCC(=O)NCCCc2ccccc2)c2c3c(sc2n1)CCCC3. The Morgan fingerprint density at radius 3 is 2.86 bits per heavy atom. The van der Waals surface area contributed by atoms with Crippen LogP contribution in [0.4, 0.5) is 0 Å². The summed E-state index contributed by atoms with van der Waals surface area (Å²) in [7, 11) is 0. The Morgan fingerprint density at radius 1 is 1.18 bits per heavy atom. The molecule has 28 heavy (non-hydrogen) atoms. The molecule has 0 fully saturated rings. The predicted octanol–water partition coefficient (Wildman–Crippen LogP) is 4.72. The number of nitrogens with zero attached hydrogens (tertiary/aromatic N) is 2. The van der Waals surface area contributed by atoms with E-state index in [2.05, 4.69) is 39.6 Å². The van der Waals surface area contributed by atoms with Crippen molar-refractivity contribution in [1.82, 2.24) is 15.3 Å². The van der Waals surface area contributed by atoms with Crippen LogP contribution in [0.5, 0.6) is 0 Å². The number of carbonyl (C=O) groups excluding carboxylic acids is 1. The van der Waals surface area contributed by atoms with Crippen LogP contribution < -0.4 is 5.32 Å². The number of aromatic nitrogens is 2. The van der Waals surface area contributed by atoms with Crippen molar-refractivity contribution in [1.29, 1.82) is 0 Å². The van der Waals surface area contributed by atoms with Crippen molar-refractivity contribution in [2.75, 3.05) is 12.3 Å². The van der Waals surface area contributed by atoms with Crippen LogP contribution in [0, 0.1) is 6.92 Å². The maximum Gasteiger partial charge on any atom is 0.230 e. The summed E-state index contributed by atoms with van der Waals surface area (Å²) < 4.78 is 0. The molecule has 146 valence electrons. The van der Waals surface area contributed by atoms with Gasteiger partial charge in [0, 0.05) is 16.8 Å². The highest BCUT2D eigenvalue weighted by Gasteiger charge is 2.21. The molecule has 0 spiro atoms. The monoisotopic (exact) mass is 411 g/mol. The van der Waals surface area contributed by atoms with Crippen LogP contribution in [0.1, 0.15) is 41.1 Å². The maximum atomic E-state index is 12.3. The lowest BCUT2D eigenvalue weighted by molar-refractivity contribution is -0.118. The van der Waals surface area contributed by atoms with Crippen LogP contribution in [0.3, 0.4) is 0 Å². The first-order valence-corrected chi connectivity index (χ1v) is 11.7. The second-order valence-electron chi connectivity index (χ2n) is 7.19. The fourth-order valence-corrected chi connectivity index (χ4v) is 5.98. The van der Waals surface area contributed by atoms with E-state index in [-0.39, 0.29) is 5.91 Å². The van der Waals surface area contributed by atoms with Crippen LogP contribution in [0.25, 0.3) is 10.2 Å². The summed E-state index contributed by atoms with van der Waals surface area (Å²) in [6, 6.07) is 10.4. The number of hydrogen-bond donors (Lipinski definition) is 1. The molecular weight excluding hydrogens is 386 g/mol. The molecule has 0 atom stereocenters. The highest BCUT2D eigenvalue weighted by molar-refractivity contribution is 8.00. The van der Waals surface area contributed by atoms with Crippen LogP contribution in [-0.2, 0) is 24.1 Å². The van der Waals surface area contributed by atoms with Gasteiger partial charge in [-0.15, -0.1) is 11.3 Å². The third-order valence-corrected chi connectivity index (χ3v) is 7.20. The number of rotatable bonds is 7. The molecule has 2 heterocycles. The summed E-state index contributed by atoms with van der Waals surface area (Å²) in [6.07, 6.45) is 6.71. The van der Waals surface area contributed by atoms with Crippen molar-refractivity contribution in [3.05, 3.63) is 52.2 Å². The Kier molecular flexibility index (Phi) is 6.27. The van der Waals surface area contributed by atoms with E-state index >= 15 is 0 Å². The average molecular weight is 412 g/mol. The van der Waals surface area contributed by atoms with Crippen molar-refractivity contribution < 1.29 is 4.79 Å². The molecule has 0 saturated carbocycles. The van der Waals surface area contributed by atoms with Gasteiger partial charge in [0.2, 0.25) is 5.91 Å². The number of nitrogens with one attached hydrogen (secondary N) is 1. The summed E-state index contributed by atoms with van der Waals surface area (Å²) in [5, 5.41) is 5.22. The molecule has 0 saturated heterocycles. The number of benzene rings is 1. The lowest BCUT2D eigenvalue weighted by Gasteiger charge is -2.12. The molecule has 0 unspecified atom stereocenters. The molecule has 0 aliphatic heterocycles. The molecule has 3 aromatic rings. The van der Waals surface area contributed by atoms with Gasteiger partial charge in [-0.3, -0.25) is 4.79 Å². The number of fused-ring (bicyclic) bond motifs is 3. The second kappa shape index (κ2) is 9.05. The summed E-state index contributed by atoms with van der Waals surface area (Å²) >= 11 is 3.36. The minimum atomic E-state index is 0.0755. The molecule has 1 aliphatic carbocycles. The van der Waals surface area contributed by atoms with Crippen LogP contribution in [0.2, 0.25) is 0 Å². The summed E-state index contributed by atoms with van der Waals surface area (Å²) in [5.74, 6) is 1.27. The zero-order valence-electron chi connectivity index (χ0n) is 16.2. The van der Waals surface area contributed by atoms with E-state index in [0.717, 1.165) is 41.4 Å². The van der Waals surface area contributed by atoms with E-state index in [0.29, 0.717) is 12.3 Å². The quantitative estimate of drug-likeness (QED) is 0.347. The first kappa shape index (κ1) is 19.4. The number of aryl methyl sites for hydroxylation is 4. The Balaban J connectivity index is 1.34. The van der Waals surface area contributed by atoms with Crippen molar-refractivity contribution in [2.24, 2.45) is 0 Å². The molecular formula is C22H25N3OS2. The lowest BCUT2D eigenvalue weighted by Crippen LogP contribution is -2.26. The molecule has 4 rings (SSSR count). The maximum absolute atomic E-state index is 12.3. The van der Waals surface area contributed by atoms with E-state index in [4.69, 9.17) is 0 Å². The van der Waals surface area contributed by atoms with Gasteiger partial charge >= 0.3 is 0 Å². The number of thiophene rings is 1. The van der Waals surface area contributed by atoms with Gasteiger partial charge in [-0.2, -0.15) is 0 Å². The highest BCUT2D eigenvalue weighted by atomic mass is 32.2. The molecule has 1 aliphatic rings. The van der Waals surface area contributed by atoms with Gasteiger partial charge in [0.25, 0.3) is 0 Å². The van der Waals surface area contributed by atoms with Crippen LogP contribution in [-0.4, -0.2) is 28.2 Å². The van der Waals surface area contributed by atoms with E-state index in [9.17, 15) is 4.79 Å². The van der Waals surface area contributed by atoms with Gasteiger partial charge in [0.05, 0.1) is 5.75 Å². The molecule has 0 radical (unpaired) electrons. The predicted molar refractivity (Wildman–Crippen MR) is 117 cm³/mol. The Bertz CT molecular complexity index is 969. The smallest absolute Gasteiger partial charge is 0.230 e. The van der Waals surface area contributed by atoms with Gasteiger partial charge in [-0.25, -0.2) is 9.97 Å². The molecule has 1 amide bonds. The molecule has 6 heteroatoms. The average Bonchev–Trinajstić information content (AvgIpc) is 3.08. The van der Waals surface area contributed by atoms with E-state index < -0.39 is 0 Å². The minimum absolute atomic E-state index is 0.0755. The van der Waals surface area contributed by atoms with Gasteiger partial charge in [-0.1, -0.05) is 42.1 Å². The molecule has 4 nitrogen and oxygen atoms in total. The van der Waals surface area contributed by atoms with Gasteiger partial charge < -0.3 is 5.32 Å². The van der Waals surface area contributed by atoms with E-state index in [1.54, 1.807) is 11.8 Å². The Hall–Kier alpha value is -1.92. The summed E-state index contributed by atoms with van der Waals surface area (Å²) in [4.78, 5) is 24.2. The number of hydrogen-bond acceptors (Lipinski definition) is 5. The van der Waals surface area contributed by atoms with Gasteiger partial charge in [0.1, 0.15) is 15.7 Å². The van der Waals surface area contributed by atoms with E-state index in [1.165, 1.54) is 34.2 Å². The van der Waals surface area contributed by atoms with Gasteiger partial charge in [-0.05, 0) is 56.6 Å². The molecule has 2 aromatic heterocycles. The standard InChI is InChI=1S/C22H25N3OS2/c1-15-24-21(20-17-11-5-6-12-18(17)28-22(20)25-15)27-14-19(26)23-13-7-10-16-8-3-2-4-9-16/h2-4,8-9H,5-7,10-14H2,1H3,(H,23,26). The lowest BCUT2D eigenvalue weighted by atomic mass is 9.97. The molecule has 0 bridgehead atoms. The van der Waals surface area contributed by atoms with Crippen molar-refractivity contribution in [3.63, 3.8) is 0 Å². The Labute approximate surface area is 174 Å². The largest absolute Gasteiger partial charge is 0.355 e. The van der Waals surface area contributed by atoms with Crippen molar-refractivity contribution >= 4 is 39.2 Å². The summed E-state index contributed by atoms with van der Waals surface area (Å²) in [6.45, 7) is 2.65. The van der Waals surface area contributed by atoms with Crippen molar-refractivity contribution in [3.8, 4) is 0 Å².